The van der Waals surface area contributed by atoms with Gasteiger partial charge < -0.3 is 5.32 Å². The van der Waals surface area contributed by atoms with Crippen LogP contribution in [0.3, 0.4) is 0 Å². The highest BCUT2D eigenvalue weighted by atomic mass is 32.2. The van der Waals surface area contributed by atoms with Gasteiger partial charge in [0.05, 0.1) is 17.8 Å². The van der Waals surface area contributed by atoms with E-state index < -0.39 is 19.9 Å². The lowest BCUT2D eigenvalue weighted by atomic mass is 9.79. The van der Waals surface area contributed by atoms with Crippen molar-refractivity contribution in [1.29, 1.82) is 0 Å². The predicted molar refractivity (Wildman–Crippen MR) is 102 cm³/mol. The number of allylic oxidation sites excluding steroid dienone is 1. The Morgan fingerprint density at radius 2 is 1.72 bits per heavy atom. The average molecular weight is 393 g/mol. The molecule has 2 aliphatic rings. The zero-order valence-electron chi connectivity index (χ0n) is 15.4. The highest BCUT2D eigenvalue weighted by molar-refractivity contribution is 7.91. The Kier molecular flexibility index (Phi) is 7.09. The summed E-state index contributed by atoms with van der Waals surface area (Å²) >= 11 is 0. The Bertz CT molecular complexity index is 657. The van der Waals surface area contributed by atoms with E-state index >= 15 is 0 Å². The predicted octanol–water partition coefficient (Wildman–Crippen LogP) is 1.41. The van der Waals surface area contributed by atoms with E-state index in [0.717, 1.165) is 45.2 Å². The average Bonchev–Trinajstić information content (AvgIpc) is 2.54. The molecule has 0 bridgehead atoms. The van der Waals surface area contributed by atoms with Gasteiger partial charge in [0.1, 0.15) is 0 Å². The van der Waals surface area contributed by atoms with Crippen molar-refractivity contribution in [3.05, 3.63) is 12.2 Å². The minimum absolute atomic E-state index is 0.0909. The Labute approximate surface area is 153 Å². The molecule has 0 aromatic heterocycles. The van der Waals surface area contributed by atoms with Gasteiger partial charge in [-0.2, -0.15) is 0 Å². The van der Waals surface area contributed by atoms with Crippen LogP contribution in [0.2, 0.25) is 0 Å². The van der Waals surface area contributed by atoms with Crippen LogP contribution in [0.5, 0.6) is 0 Å². The van der Waals surface area contributed by atoms with Gasteiger partial charge in [0, 0.05) is 13.1 Å². The third kappa shape index (κ3) is 7.00. The number of hydrogen-bond donors (Lipinski definition) is 1. The molecule has 2 heterocycles. The highest BCUT2D eigenvalue weighted by Gasteiger charge is 2.28. The molecule has 6 nitrogen and oxygen atoms in total. The number of nitrogens with one attached hydrogen (secondary N) is 1. The topological polar surface area (TPSA) is 83.6 Å². The molecule has 0 aromatic carbocycles. The maximum atomic E-state index is 12.3. The summed E-state index contributed by atoms with van der Waals surface area (Å²) in [6.45, 7) is 5.18. The number of piperidine rings is 2. The molecule has 0 unspecified atom stereocenters. The molecule has 2 aliphatic heterocycles. The Hall–Kier alpha value is -0.440. The van der Waals surface area contributed by atoms with Crippen molar-refractivity contribution in [3.8, 4) is 0 Å². The lowest BCUT2D eigenvalue weighted by molar-refractivity contribution is 0.222. The first-order valence-electron chi connectivity index (χ1n) is 9.13. The Morgan fingerprint density at radius 3 is 2.28 bits per heavy atom. The molecule has 8 heteroatoms. The highest BCUT2D eigenvalue weighted by Crippen LogP contribution is 2.32. The van der Waals surface area contributed by atoms with E-state index in [0.29, 0.717) is 13.1 Å². The minimum atomic E-state index is -3.11. The maximum Gasteiger partial charge on any atom is 0.211 e. The Morgan fingerprint density at radius 1 is 1.12 bits per heavy atom. The van der Waals surface area contributed by atoms with E-state index in [9.17, 15) is 16.8 Å². The van der Waals surface area contributed by atoms with Gasteiger partial charge in [0.15, 0.2) is 9.84 Å². The largest absolute Gasteiger partial charge is 0.317 e. The number of rotatable bonds is 7. The number of nitrogens with zero attached hydrogens (tertiary/aromatic N) is 1. The van der Waals surface area contributed by atoms with Gasteiger partial charge in [-0.1, -0.05) is 19.1 Å². The van der Waals surface area contributed by atoms with Crippen molar-refractivity contribution in [2.45, 2.75) is 39.0 Å². The molecule has 0 atom stereocenters. The normalized spacial score (nSPS) is 23.9. The van der Waals surface area contributed by atoms with E-state index in [1.54, 1.807) is 6.08 Å². The van der Waals surface area contributed by atoms with Crippen LogP contribution in [0.25, 0.3) is 0 Å². The van der Waals surface area contributed by atoms with Gasteiger partial charge in [-0.05, 0) is 56.5 Å². The molecule has 0 saturated carbocycles. The summed E-state index contributed by atoms with van der Waals surface area (Å²) in [6, 6.07) is 0. The van der Waals surface area contributed by atoms with Crippen molar-refractivity contribution < 1.29 is 16.8 Å². The maximum absolute atomic E-state index is 12.3. The molecule has 0 aromatic rings. The van der Waals surface area contributed by atoms with Gasteiger partial charge in [0.25, 0.3) is 0 Å². The summed E-state index contributed by atoms with van der Waals surface area (Å²) in [4.78, 5) is 0. The van der Waals surface area contributed by atoms with Crippen LogP contribution >= 0.6 is 0 Å². The van der Waals surface area contributed by atoms with Gasteiger partial charge >= 0.3 is 0 Å². The minimum Gasteiger partial charge on any atom is -0.317 e. The molecule has 0 spiro atoms. The van der Waals surface area contributed by atoms with Gasteiger partial charge in [-0.15, -0.1) is 0 Å². The fraction of sp³-hybridized carbons (Fsp3) is 0.882. The quantitative estimate of drug-likeness (QED) is 0.662. The molecule has 1 N–H and O–H groups in total. The van der Waals surface area contributed by atoms with Crippen LogP contribution in [-0.2, 0) is 19.9 Å². The summed E-state index contributed by atoms with van der Waals surface area (Å²) < 4.78 is 49.0. The van der Waals surface area contributed by atoms with Crippen LogP contribution in [0.15, 0.2) is 12.2 Å². The third-order valence-electron chi connectivity index (χ3n) is 5.55. The molecular weight excluding hydrogens is 360 g/mol. The van der Waals surface area contributed by atoms with Crippen molar-refractivity contribution in [1.82, 2.24) is 9.62 Å². The SMILES string of the molecule is CC1(CCS(=O)(=O)CC=CC2CCN(S(C)(=O)=O)CC2)CCNCC1. The standard InChI is InChI=1S/C17H32N2O4S2/c1-17(7-10-18-11-8-17)9-15-25(22,23)14-3-4-16-5-12-19(13-6-16)24(2,20)21/h3-4,16,18H,5-15H2,1-2H3. The first-order valence-corrected chi connectivity index (χ1v) is 12.8. The van der Waals surface area contributed by atoms with Crippen LogP contribution in [-0.4, -0.2) is 65.1 Å². The molecule has 25 heavy (non-hydrogen) atoms. The molecular formula is C17H32N2O4S2. The number of sulfone groups is 1. The van der Waals surface area contributed by atoms with Crippen molar-refractivity contribution >= 4 is 19.9 Å². The molecule has 146 valence electrons. The Balaban J connectivity index is 1.75. The monoisotopic (exact) mass is 392 g/mol. The molecule has 0 radical (unpaired) electrons. The molecule has 2 rings (SSSR count). The number of hydrogen-bond acceptors (Lipinski definition) is 5. The van der Waals surface area contributed by atoms with Crippen LogP contribution in [0, 0.1) is 11.3 Å². The van der Waals surface area contributed by atoms with E-state index in [2.05, 4.69) is 12.2 Å². The molecule has 2 fully saturated rings. The van der Waals surface area contributed by atoms with Crippen LogP contribution in [0.4, 0.5) is 0 Å². The zero-order valence-corrected chi connectivity index (χ0v) is 17.0. The van der Waals surface area contributed by atoms with Gasteiger partial charge in [0.2, 0.25) is 10.0 Å². The smallest absolute Gasteiger partial charge is 0.211 e. The van der Waals surface area contributed by atoms with E-state index in [4.69, 9.17) is 0 Å². The first kappa shape index (κ1) is 20.9. The van der Waals surface area contributed by atoms with Crippen molar-refractivity contribution in [2.75, 3.05) is 43.9 Å². The van der Waals surface area contributed by atoms with Gasteiger partial charge in [-0.25, -0.2) is 21.1 Å². The van der Waals surface area contributed by atoms with Crippen molar-refractivity contribution in [3.63, 3.8) is 0 Å². The molecule has 2 saturated heterocycles. The fourth-order valence-electron chi connectivity index (χ4n) is 3.56. The summed E-state index contributed by atoms with van der Waals surface area (Å²) in [6.07, 6.45) is 9.29. The second kappa shape index (κ2) is 8.50. The first-order chi connectivity index (χ1) is 11.6. The van der Waals surface area contributed by atoms with Crippen LogP contribution in [0.1, 0.15) is 39.0 Å². The van der Waals surface area contributed by atoms with E-state index in [1.807, 2.05) is 6.08 Å². The fourth-order valence-corrected chi connectivity index (χ4v) is 5.81. The summed E-state index contributed by atoms with van der Waals surface area (Å²) in [5.74, 6) is 0.615. The van der Waals surface area contributed by atoms with Gasteiger partial charge in [-0.3, -0.25) is 0 Å². The summed E-state index contributed by atoms with van der Waals surface area (Å²) in [7, 11) is -6.18. The molecule has 0 amide bonds. The summed E-state index contributed by atoms with van der Waals surface area (Å²) in [5.41, 5.74) is 0.139. The van der Waals surface area contributed by atoms with Crippen molar-refractivity contribution in [2.24, 2.45) is 11.3 Å². The number of sulfonamides is 1. The summed E-state index contributed by atoms with van der Waals surface area (Å²) in [5, 5.41) is 3.32. The lowest BCUT2D eigenvalue weighted by Gasteiger charge is -2.33. The second-order valence-corrected chi connectivity index (χ2v) is 12.1. The third-order valence-corrected chi connectivity index (χ3v) is 8.38. The lowest BCUT2D eigenvalue weighted by Crippen LogP contribution is -2.37. The van der Waals surface area contributed by atoms with E-state index in [1.165, 1.54) is 10.6 Å². The van der Waals surface area contributed by atoms with Crippen LogP contribution < -0.4 is 5.32 Å². The second-order valence-electron chi connectivity index (χ2n) is 7.85. The zero-order chi connectivity index (χ0) is 18.6. The molecule has 0 aliphatic carbocycles. The van der Waals surface area contributed by atoms with E-state index in [-0.39, 0.29) is 22.8 Å².